The van der Waals surface area contributed by atoms with Gasteiger partial charge in [0.1, 0.15) is 0 Å². The summed E-state index contributed by atoms with van der Waals surface area (Å²) in [7, 11) is 0. The highest BCUT2D eigenvalue weighted by molar-refractivity contribution is 6.22. The van der Waals surface area contributed by atoms with Gasteiger partial charge in [-0.15, -0.1) is 0 Å². The van der Waals surface area contributed by atoms with Crippen LogP contribution in [-0.4, -0.2) is 30.3 Å². The van der Waals surface area contributed by atoms with E-state index in [4.69, 9.17) is 4.74 Å². The van der Waals surface area contributed by atoms with Gasteiger partial charge in [0.2, 0.25) is 11.8 Å². The average Bonchev–Trinajstić information content (AvgIpc) is 3.02. The molecule has 3 amide bonds. The molecule has 2 aliphatic rings. The average molecular weight is 418 g/mol. The molecule has 7 heteroatoms. The fourth-order valence-corrected chi connectivity index (χ4v) is 3.94. The minimum Gasteiger partial charge on any atom is -0.452 e. The summed E-state index contributed by atoms with van der Waals surface area (Å²) in [5.74, 6) is -2.14. The summed E-state index contributed by atoms with van der Waals surface area (Å²) in [6, 6.07) is 13.3. The Kier molecular flexibility index (Phi) is 5.66. The number of aryl methyl sites for hydroxylation is 1. The second-order valence-electron chi connectivity index (χ2n) is 7.71. The second-order valence-corrected chi connectivity index (χ2v) is 7.71. The van der Waals surface area contributed by atoms with Crippen molar-refractivity contribution < 1.29 is 23.9 Å². The summed E-state index contributed by atoms with van der Waals surface area (Å²) in [4.78, 5) is 50.8. The smallest absolute Gasteiger partial charge is 0.338 e. The standard InChI is InChI=1S/C24H22N2O5/c1-15-5-4-6-17(13-15)25-21(27)14-31-24(30)16-9-11-18(12-10-16)26-22(28)19-7-2-3-8-20(19)23(26)29/h2-6,9-13,19-20H,7-8,14H2,1H3,(H,25,27)/t19-,20-/m1/s1. The molecule has 7 nitrogen and oxygen atoms in total. The molecule has 0 aromatic heterocycles. The lowest BCUT2D eigenvalue weighted by molar-refractivity contribution is -0.122. The third kappa shape index (κ3) is 4.26. The number of allylic oxidation sites excluding steroid dienone is 2. The van der Waals surface area contributed by atoms with Gasteiger partial charge in [-0.05, 0) is 61.7 Å². The van der Waals surface area contributed by atoms with Crippen LogP contribution in [0, 0.1) is 18.8 Å². The molecule has 2 aromatic carbocycles. The largest absolute Gasteiger partial charge is 0.452 e. The van der Waals surface area contributed by atoms with Gasteiger partial charge in [-0.1, -0.05) is 24.3 Å². The number of carbonyl (C=O) groups excluding carboxylic acids is 4. The van der Waals surface area contributed by atoms with Gasteiger partial charge in [-0.25, -0.2) is 4.79 Å². The van der Waals surface area contributed by atoms with E-state index in [1.807, 2.05) is 37.3 Å². The van der Waals surface area contributed by atoms with Crippen molar-refractivity contribution in [2.75, 3.05) is 16.8 Å². The third-order valence-corrected chi connectivity index (χ3v) is 5.50. The minimum absolute atomic E-state index is 0.206. The predicted octanol–water partition coefficient (Wildman–Crippen LogP) is 3.25. The molecule has 1 fully saturated rings. The number of imide groups is 1. The Morgan fingerprint density at radius 3 is 2.26 bits per heavy atom. The van der Waals surface area contributed by atoms with Gasteiger partial charge < -0.3 is 10.1 Å². The van der Waals surface area contributed by atoms with E-state index in [-0.39, 0.29) is 29.2 Å². The first-order chi connectivity index (χ1) is 14.9. The van der Waals surface area contributed by atoms with E-state index in [2.05, 4.69) is 5.32 Å². The number of hydrogen-bond donors (Lipinski definition) is 1. The summed E-state index contributed by atoms with van der Waals surface area (Å²) in [6.45, 7) is 1.49. The maximum Gasteiger partial charge on any atom is 0.338 e. The molecule has 0 spiro atoms. The van der Waals surface area contributed by atoms with Gasteiger partial charge in [0.25, 0.3) is 5.91 Å². The molecule has 2 atom stereocenters. The lowest BCUT2D eigenvalue weighted by Crippen LogP contribution is -2.30. The summed E-state index contributed by atoms with van der Waals surface area (Å²) in [5, 5.41) is 2.67. The fraction of sp³-hybridized carbons (Fsp3) is 0.250. The number of anilines is 2. The van der Waals surface area contributed by atoms with E-state index in [0.29, 0.717) is 24.2 Å². The maximum atomic E-state index is 12.7. The summed E-state index contributed by atoms with van der Waals surface area (Å²) in [6.07, 6.45) is 5.01. The zero-order valence-corrected chi connectivity index (χ0v) is 17.0. The maximum absolute atomic E-state index is 12.7. The molecular formula is C24H22N2O5. The molecule has 0 saturated carbocycles. The van der Waals surface area contributed by atoms with Crippen LogP contribution in [0.3, 0.4) is 0 Å². The molecular weight excluding hydrogens is 396 g/mol. The molecule has 1 aliphatic heterocycles. The van der Waals surface area contributed by atoms with E-state index in [1.165, 1.54) is 17.0 Å². The molecule has 1 heterocycles. The van der Waals surface area contributed by atoms with Crippen molar-refractivity contribution in [3.63, 3.8) is 0 Å². The van der Waals surface area contributed by atoms with Crippen molar-refractivity contribution in [2.24, 2.45) is 11.8 Å². The molecule has 1 N–H and O–H groups in total. The molecule has 1 saturated heterocycles. The second kappa shape index (κ2) is 8.55. The van der Waals surface area contributed by atoms with Crippen molar-refractivity contribution in [2.45, 2.75) is 19.8 Å². The SMILES string of the molecule is Cc1cccc(NC(=O)COC(=O)c2ccc(N3C(=O)[C@@H]4CC=CC[C@H]4C3=O)cc2)c1. The van der Waals surface area contributed by atoms with Gasteiger partial charge in [0, 0.05) is 5.69 Å². The van der Waals surface area contributed by atoms with Crippen molar-refractivity contribution in [1.82, 2.24) is 0 Å². The van der Waals surface area contributed by atoms with E-state index in [9.17, 15) is 19.2 Å². The molecule has 0 bridgehead atoms. The zero-order valence-electron chi connectivity index (χ0n) is 17.0. The number of hydrogen-bond acceptors (Lipinski definition) is 5. The number of fused-ring (bicyclic) bond motifs is 1. The number of carbonyl (C=O) groups is 4. The Morgan fingerprint density at radius 1 is 1.00 bits per heavy atom. The van der Waals surface area contributed by atoms with E-state index >= 15 is 0 Å². The van der Waals surface area contributed by atoms with Crippen molar-refractivity contribution in [1.29, 1.82) is 0 Å². The number of amides is 3. The number of rotatable bonds is 5. The zero-order chi connectivity index (χ0) is 22.0. The molecule has 0 unspecified atom stereocenters. The van der Waals surface area contributed by atoms with E-state index in [0.717, 1.165) is 5.56 Å². The van der Waals surface area contributed by atoms with Crippen LogP contribution < -0.4 is 10.2 Å². The van der Waals surface area contributed by atoms with Crippen molar-refractivity contribution in [3.05, 3.63) is 71.8 Å². The lowest BCUT2D eigenvalue weighted by atomic mass is 9.85. The number of ether oxygens (including phenoxy) is 1. The van der Waals surface area contributed by atoms with Crippen LogP contribution >= 0.6 is 0 Å². The molecule has 4 rings (SSSR count). The van der Waals surface area contributed by atoms with Crippen molar-refractivity contribution >= 4 is 35.1 Å². The summed E-state index contributed by atoms with van der Waals surface area (Å²) in [5.41, 5.74) is 2.28. The number of esters is 1. The van der Waals surface area contributed by atoms with Crippen LogP contribution in [0.4, 0.5) is 11.4 Å². The first-order valence-electron chi connectivity index (χ1n) is 10.1. The first-order valence-corrected chi connectivity index (χ1v) is 10.1. The number of benzene rings is 2. The van der Waals surface area contributed by atoms with Gasteiger partial charge in [-0.2, -0.15) is 0 Å². The predicted molar refractivity (Wildman–Crippen MR) is 114 cm³/mol. The van der Waals surface area contributed by atoms with E-state index in [1.54, 1.807) is 18.2 Å². The normalized spacial score (nSPS) is 19.8. The topological polar surface area (TPSA) is 92.8 Å². The van der Waals surface area contributed by atoms with Crippen LogP contribution in [0.5, 0.6) is 0 Å². The molecule has 158 valence electrons. The van der Waals surface area contributed by atoms with Gasteiger partial charge >= 0.3 is 5.97 Å². The highest BCUT2D eigenvalue weighted by atomic mass is 16.5. The molecule has 1 aliphatic carbocycles. The van der Waals surface area contributed by atoms with Crippen LogP contribution in [0.15, 0.2) is 60.7 Å². The van der Waals surface area contributed by atoms with Crippen molar-refractivity contribution in [3.8, 4) is 0 Å². The quantitative estimate of drug-likeness (QED) is 0.457. The Morgan fingerprint density at radius 2 is 1.65 bits per heavy atom. The highest BCUT2D eigenvalue weighted by Crippen LogP contribution is 2.37. The van der Waals surface area contributed by atoms with Crippen LogP contribution in [0.1, 0.15) is 28.8 Å². The fourth-order valence-electron chi connectivity index (χ4n) is 3.94. The first kappa shape index (κ1) is 20.5. The molecule has 2 aromatic rings. The Bertz CT molecular complexity index is 1050. The molecule has 31 heavy (non-hydrogen) atoms. The number of nitrogens with zero attached hydrogens (tertiary/aromatic N) is 1. The lowest BCUT2D eigenvalue weighted by Gasteiger charge is -2.15. The highest BCUT2D eigenvalue weighted by Gasteiger charge is 2.47. The van der Waals surface area contributed by atoms with Gasteiger partial charge in [0.05, 0.1) is 23.1 Å². The Balaban J connectivity index is 1.36. The van der Waals surface area contributed by atoms with Gasteiger partial charge in [-0.3, -0.25) is 19.3 Å². The Hall–Kier alpha value is -3.74. The minimum atomic E-state index is -0.664. The van der Waals surface area contributed by atoms with E-state index < -0.39 is 18.5 Å². The third-order valence-electron chi connectivity index (χ3n) is 5.50. The molecule has 0 radical (unpaired) electrons. The monoisotopic (exact) mass is 418 g/mol. The van der Waals surface area contributed by atoms with Crippen LogP contribution in [0.2, 0.25) is 0 Å². The Labute approximate surface area is 179 Å². The summed E-state index contributed by atoms with van der Waals surface area (Å²) < 4.78 is 5.07. The van der Waals surface area contributed by atoms with Gasteiger partial charge in [0.15, 0.2) is 6.61 Å². The van der Waals surface area contributed by atoms with Crippen LogP contribution in [0.25, 0.3) is 0 Å². The van der Waals surface area contributed by atoms with Crippen LogP contribution in [-0.2, 0) is 19.1 Å². The summed E-state index contributed by atoms with van der Waals surface area (Å²) >= 11 is 0. The number of nitrogens with one attached hydrogen (secondary N) is 1.